The number of carbonyl (C=O) groups excluding carboxylic acids is 1. The maximum absolute atomic E-state index is 12.5. The molecule has 8 heteroatoms. The van der Waals surface area contributed by atoms with Gasteiger partial charge in [0.1, 0.15) is 5.82 Å². The van der Waals surface area contributed by atoms with E-state index >= 15 is 0 Å². The number of carbonyl (C=O) groups is 1. The molecule has 0 aliphatic carbocycles. The topological polar surface area (TPSA) is 82.1 Å². The number of pyridine rings is 1. The number of aliphatic imine (C=N–C) groups is 1. The van der Waals surface area contributed by atoms with Crippen LogP contribution >= 0.6 is 0 Å². The highest BCUT2D eigenvalue weighted by molar-refractivity contribution is 5.97. The first-order valence-corrected chi connectivity index (χ1v) is 10.8. The molecule has 2 aliphatic heterocycles. The van der Waals surface area contributed by atoms with Gasteiger partial charge in [0.15, 0.2) is 5.96 Å². The lowest BCUT2D eigenvalue weighted by Crippen LogP contribution is -2.44. The summed E-state index contributed by atoms with van der Waals surface area (Å²) in [5.74, 6) is 1.78. The van der Waals surface area contributed by atoms with Crippen LogP contribution in [0.15, 0.2) is 53.7 Å². The van der Waals surface area contributed by atoms with E-state index in [0.29, 0.717) is 25.5 Å². The highest BCUT2D eigenvalue weighted by Crippen LogP contribution is 2.21. The van der Waals surface area contributed by atoms with Crippen LogP contribution in [0.5, 0.6) is 0 Å². The summed E-state index contributed by atoms with van der Waals surface area (Å²) in [5.41, 5.74) is 2.06. The molecule has 1 aromatic carbocycles. The zero-order valence-corrected chi connectivity index (χ0v) is 18.1. The van der Waals surface area contributed by atoms with Gasteiger partial charge in [0.05, 0.1) is 18.8 Å². The summed E-state index contributed by atoms with van der Waals surface area (Å²) < 4.78 is 5.63. The number of rotatable bonds is 5. The van der Waals surface area contributed by atoms with Crippen molar-refractivity contribution in [2.75, 3.05) is 43.1 Å². The minimum atomic E-state index is 0.0155. The van der Waals surface area contributed by atoms with Crippen molar-refractivity contribution in [3.05, 3.63) is 54.2 Å². The minimum Gasteiger partial charge on any atom is -0.375 e. The summed E-state index contributed by atoms with van der Waals surface area (Å²) in [6.07, 6.45) is 2.50. The van der Waals surface area contributed by atoms with Crippen LogP contribution in [0.3, 0.4) is 0 Å². The quantitative estimate of drug-likeness (QED) is 0.565. The molecule has 0 spiro atoms. The Morgan fingerprint density at radius 3 is 2.87 bits per heavy atom. The molecule has 2 aromatic rings. The lowest BCUT2D eigenvalue weighted by Gasteiger charge is -2.32. The molecule has 1 aromatic heterocycles. The fourth-order valence-corrected chi connectivity index (χ4v) is 4.01. The second kappa shape index (κ2) is 9.78. The van der Waals surface area contributed by atoms with Crippen molar-refractivity contribution in [1.29, 1.82) is 0 Å². The highest BCUT2D eigenvalue weighted by atomic mass is 16.5. The second-order valence-electron chi connectivity index (χ2n) is 7.96. The van der Waals surface area contributed by atoms with E-state index in [4.69, 9.17) is 4.74 Å². The van der Waals surface area contributed by atoms with Crippen molar-refractivity contribution in [2.45, 2.75) is 32.0 Å². The van der Waals surface area contributed by atoms with Gasteiger partial charge in [-0.1, -0.05) is 18.2 Å². The van der Waals surface area contributed by atoms with Crippen molar-refractivity contribution in [1.82, 2.24) is 15.6 Å². The van der Waals surface area contributed by atoms with Gasteiger partial charge in [0.25, 0.3) is 0 Å². The zero-order chi connectivity index (χ0) is 21.6. The summed E-state index contributed by atoms with van der Waals surface area (Å²) in [6, 6.07) is 13.9. The summed E-state index contributed by atoms with van der Waals surface area (Å²) in [4.78, 5) is 25.4. The van der Waals surface area contributed by atoms with Gasteiger partial charge in [0, 0.05) is 51.5 Å². The number of amides is 1. The molecule has 1 amide bonds. The lowest BCUT2D eigenvalue weighted by atomic mass is 10.2. The van der Waals surface area contributed by atoms with Crippen LogP contribution in [0.4, 0.5) is 11.5 Å². The van der Waals surface area contributed by atoms with Crippen LogP contribution in [0.2, 0.25) is 0 Å². The first kappa shape index (κ1) is 21.1. The lowest BCUT2D eigenvalue weighted by molar-refractivity contribution is -0.117. The maximum atomic E-state index is 12.5. The van der Waals surface area contributed by atoms with E-state index in [9.17, 15) is 4.79 Å². The average molecular weight is 423 g/mol. The Morgan fingerprint density at radius 1 is 1.26 bits per heavy atom. The van der Waals surface area contributed by atoms with E-state index in [1.54, 1.807) is 7.05 Å². The molecule has 2 N–H and O–H groups in total. The first-order valence-electron chi connectivity index (χ1n) is 10.8. The number of nitrogens with zero attached hydrogens (tertiary/aromatic N) is 4. The van der Waals surface area contributed by atoms with Gasteiger partial charge in [-0.15, -0.1) is 0 Å². The fraction of sp³-hybridized carbons (Fsp3) is 0.435. The molecule has 2 aliphatic rings. The second-order valence-corrected chi connectivity index (χ2v) is 7.96. The molecule has 2 fully saturated rings. The van der Waals surface area contributed by atoms with Gasteiger partial charge in [-0.3, -0.25) is 9.79 Å². The summed E-state index contributed by atoms with van der Waals surface area (Å²) in [7, 11) is 1.74. The van der Waals surface area contributed by atoms with Crippen molar-refractivity contribution in [3.8, 4) is 0 Å². The number of para-hydroxylation sites is 1. The monoisotopic (exact) mass is 422 g/mol. The largest absolute Gasteiger partial charge is 0.375 e. The number of nitrogens with one attached hydrogen (secondary N) is 2. The van der Waals surface area contributed by atoms with Crippen LogP contribution < -0.4 is 20.4 Å². The number of aromatic nitrogens is 1. The van der Waals surface area contributed by atoms with Crippen molar-refractivity contribution in [3.63, 3.8) is 0 Å². The number of hydrogen-bond acceptors (Lipinski definition) is 5. The number of anilines is 2. The van der Waals surface area contributed by atoms with E-state index in [0.717, 1.165) is 36.8 Å². The number of morpholine rings is 1. The summed E-state index contributed by atoms with van der Waals surface area (Å²) >= 11 is 0. The maximum Gasteiger partial charge on any atom is 0.229 e. The van der Waals surface area contributed by atoms with E-state index in [-0.39, 0.29) is 18.1 Å². The third-order valence-corrected chi connectivity index (χ3v) is 5.59. The van der Waals surface area contributed by atoms with E-state index in [2.05, 4.69) is 38.5 Å². The molecule has 4 rings (SSSR count). The van der Waals surface area contributed by atoms with Crippen LogP contribution in [-0.2, 0) is 16.1 Å². The average Bonchev–Trinajstić information content (AvgIpc) is 3.17. The van der Waals surface area contributed by atoms with E-state index in [1.165, 1.54) is 0 Å². The molecule has 2 saturated heterocycles. The molecule has 3 heterocycles. The molecule has 164 valence electrons. The Labute approximate surface area is 183 Å². The van der Waals surface area contributed by atoms with Gasteiger partial charge in [-0.25, -0.2) is 4.98 Å². The Bertz CT molecular complexity index is 919. The number of hydrogen-bond donors (Lipinski definition) is 2. The van der Waals surface area contributed by atoms with Gasteiger partial charge < -0.3 is 25.2 Å². The van der Waals surface area contributed by atoms with Crippen molar-refractivity contribution < 1.29 is 9.53 Å². The zero-order valence-electron chi connectivity index (χ0n) is 18.1. The van der Waals surface area contributed by atoms with Crippen molar-refractivity contribution in [2.24, 2.45) is 4.99 Å². The Morgan fingerprint density at radius 2 is 2.10 bits per heavy atom. The number of ether oxygens (including phenoxy) is 1. The van der Waals surface area contributed by atoms with Crippen LogP contribution in [-0.4, -0.2) is 62.3 Å². The highest BCUT2D eigenvalue weighted by Gasteiger charge is 2.31. The number of benzene rings is 1. The molecule has 8 nitrogen and oxygen atoms in total. The minimum absolute atomic E-state index is 0.0155. The predicted octanol–water partition coefficient (Wildman–Crippen LogP) is 1.78. The predicted molar refractivity (Wildman–Crippen MR) is 122 cm³/mol. The molecule has 2 unspecified atom stereocenters. The molecule has 0 saturated carbocycles. The Hall–Kier alpha value is -3.13. The van der Waals surface area contributed by atoms with Crippen LogP contribution in [0, 0.1) is 0 Å². The molecule has 0 bridgehead atoms. The van der Waals surface area contributed by atoms with E-state index in [1.807, 2.05) is 47.5 Å². The van der Waals surface area contributed by atoms with Gasteiger partial charge in [-0.05, 0) is 36.8 Å². The van der Waals surface area contributed by atoms with Crippen LogP contribution in [0.25, 0.3) is 0 Å². The van der Waals surface area contributed by atoms with Gasteiger partial charge in [-0.2, -0.15) is 0 Å². The molecule has 2 atom stereocenters. The molecule has 31 heavy (non-hydrogen) atoms. The SMILES string of the molecule is CN=C(NCc1ccnc(N2CCOC(C)C2)c1)NC1CC(=O)N(c2ccccc2)C1. The van der Waals surface area contributed by atoms with Gasteiger partial charge >= 0.3 is 0 Å². The molecular formula is C23H30N6O2. The smallest absolute Gasteiger partial charge is 0.229 e. The summed E-state index contributed by atoms with van der Waals surface area (Å²) in [5, 5.41) is 6.74. The third kappa shape index (κ3) is 5.32. The Balaban J connectivity index is 1.32. The third-order valence-electron chi connectivity index (χ3n) is 5.59. The number of guanidine groups is 1. The summed E-state index contributed by atoms with van der Waals surface area (Å²) in [6.45, 7) is 5.75. The molecule has 0 radical (unpaired) electrons. The van der Waals surface area contributed by atoms with Crippen molar-refractivity contribution >= 4 is 23.4 Å². The molecular weight excluding hydrogens is 392 g/mol. The normalized spacial score (nSPS) is 22.0. The fourth-order valence-electron chi connectivity index (χ4n) is 4.01. The first-order chi connectivity index (χ1) is 15.1. The van der Waals surface area contributed by atoms with E-state index < -0.39 is 0 Å². The van der Waals surface area contributed by atoms with Crippen LogP contribution in [0.1, 0.15) is 18.9 Å². The van der Waals surface area contributed by atoms with Gasteiger partial charge in [0.2, 0.25) is 5.91 Å². The standard InChI is InChI=1S/C23H30N6O2/c1-17-15-28(10-11-31-17)21-12-18(8-9-25-21)14-26-23(24-2)27-19-13-22(30)29(16-19)20-6-4-3-5-7-20/h3-9,12,17,19H,10-11,13-16H2,1-2H3,(H2,24,26,27). The Kier molecular flexibility index (Phi) is 6.66.